The van der Waals surface area contributed by atoms with Gasteiger partial charge in [0.2, 0.25) is 0 Å². The highest BCUT2D eigenvalue weighted by molar-refractivity contribution is 5.60. The highest BCUT2D eigenvalue weighted by Crippen LogP contribution is 2.10. The van der Waals surface area contributed by atoms with Crippen molar-refractivity contribution in [3.05, 3.63) is 32.2 Å². The third kappa shape index (κ3) is 5.94. The Hall–Kier alpha value is -1.99. The molecule has 0 aromatic rings. The van der Waals surface area contributed by atoms with E-state index in [4.69, 9.17) is 0 Å². The first-order valence-electron chi connectivity index (χ1n) is 5.99. The predicted octanol–water partition coefficient (Wildman–Crippen LogP) is 2.33. The van der Waals surface area contributed by atoms with Gasteiger partial charge in [0.05, 0.1) is 0 Å². The van der Waals surface area contributed by atoms with Crippen molar-refractivity contribution < 1.29 is 9.85 Å². The number of hydrogen-bond donors (Lipinski definition) is 0. The molecule has 0 aromatic carbocycles. The summed E-state index contributed by atoms with van der Waals surface area (Å²) in [5.41, 5.74) is 0. The normalized spacial score (nSPS) is 12.8. The molecule has 1 unspecified atom stereocenters. The Morgan fingerprint density at radius 1 is 1.11 bits per heavy atom. The predicted molar refractivity (Wildman–Crippen MR) is 71.5 cm³/mol. The minimum Gasteiger partial charge on any atom is -0.257 e. The quantitative estimate of drug-likeness (QED) is 0.402. The summed E-state index contributed by atoms with van der Waals surface area (Å²) < 4.78 is 0. The molecule has 0 spiro atoms. The number of nitrogens with zero attached hydrogens (tertiary/aromatic N) is 4. The van der Waals surface area contributed by atoms with Gasteiger partial charge in [-0.1, -0.05) is 20.8 Å². The lowest BCUT2D eigenvalue weighted by atomic mass is 10.00. The Balaban J connectivity index is 5.18. The minimum absolute atomic E-state index is 0.171. The van der Waals surface area contributed by atoms with Gasteiger partial charge in [0.15, 0.2) is 6.20 Å². The molecule has 0 aliphatic heterocycles. The van der Waals surface area contributed by atoms with Crippen molar-refractivity contribution in [1.29, 1.82) is 0 Å². The summed E-state index contributed by atoms with van der Waals surface area (Å²) in [7, 11) is 0. The number of nitro groups is 2. The van der Waals surface area contributed by atoms with Gasteiger partial charge in [0.1, 0.15) is 9.85 Å². The van der Waals surface area contributed by atoms with Gasteiger partial charge in [0.25, 0.3) is 0 Å². The Kier molecular flexibility index (Phi) is 6.67. The molecule has 0 aliphatic rings. The second-order valence-corrected chi connectivity index (χ2v) is 4.84. The van der Waals surface area contributed by atoms with Crippen molar-refractivity contribution in [2.75, 3.05) is 0 Å². The monoisotopic (exact) mass is 272 g/mol. The lowest BCUT2D eigenvalue weighted by Crippen LogP contribution is -2.24. The molecule has 0 heterocycles. The zero-order chi connectivity index (χ0) is 15.2. The third-order valence-electron chi connectivity index (χ3n) is 2.64. The molecule has 0 saturated carbocycles. The van der Waals surface area contributed by atoms with Crippen LogP contribution in [0, 0.1) is 32.1 Å². The molecule has 8 nitrogen and oxygen atoms in total. The lowest BCUT2D eigenvalue weighted by Gasteiger charge is -2.18. The van der Waals surface area contributed by atoms with Gasteiger partial charge in [-0.2, -0.15) is 5.10 Å². The minimum atomic E-state index is -1.09. The van der Waals surface area contributed by atoms with Crippen LogP contribution in [0.5, 0.6) is 0 Å². The molecule has 0 aromatic heterocycles. The van der Waals surface area contributed by atoms with E-state index in [1.807, 2.05) is 20.8 Å². The summed E-state index contributed by atoms with van der Waals surface area (Å²) in [6.07, 6.45) is 2.48. The second-order valence-electron chi connectivity index (χ2n) is 4.84. The molecular weight excluding hydrogens is 252 g/mol. The van der Waals surface area contributed by atoms with Crippen molar-refractivity contribution in [3.63, 3.8) is 0 Å². The topological polar surface area (TPSA) is 102 Å². The highest BCUT2D eigenvalue weighted by atomic mass is 16.7. The first kappa shape index (κ1) is 17.0. The average molecular weight is 272 g/mol. The van der Waals surface area contributed by atoms with E-state index >= 15 is 0 Å². The van der Waals surface area contributed by atoms with E-state index < -0.39 is 15.7 Å². The molecule has 0 N–H and O–H groups in total. The lowest BCUT2D eigenvalue weighted by molar-refractivity contribution is -0.617. The largest absolute Gasteiger partial charge is 0.576 e. The molecule has 108 valence electrons. The smallest absolute Gasteiger partial charge is 0.257 e. The van der Waals surface area contributed by atoms with Crippen LogP contribution in [-0.2, 0) is 0 Å². The van der Waals surface area contributed by atoms with Crippen LogP contribution in [-0.4, -0.2) is 27.1 Å². The number of hydrogen-bond acceptors (Lipinski definition) is 6. The maximum absolute atomic E-state index is 10.6. The van der Waals surface area contributed by atoms with E-state index in [-0.39, 0.29) is 12.0 Å². The molecule has 0 fully saturated rings. The number of hydrazone groups is 1. The van der Waals surface area contributed by atoms with E-state index in [0.717, 1.165) is 6.20 Å². The summed E-state index contributed by atoms with van der Waals surface area (Å²) in [6.45, 7) is 9.48. The zero-order valence-electron chi connectivity index (χ0n) is 11.8. The second kappa shape index (κ2) is 7.45. The van der Waals surface area contributed by atoms with Crippen LogP contribution in [0.15, 0.2) is 17.1 Å². The third-order valence-corrected chi connectivity index (χ3v) is 2.64. The van der Waals surface area contributed by atoms with Crippen LogP contribution in [0.1, 0.15) is 34.6 Å². The maximum atomic E-state index is 10.6. The Morgan fingerprint density at radius 2 is 1.58 bits per heavy atom. The van der Waals surface area contributed by atoms with Crippen LogP contribution >= 0.6 is 0 Å². The summed E-state index contributed by atoms with van der Waals surface area (Å²) in [5, 5.41) is 26.4. The van der Waals surface area contributed by atoms with Gasteiger partial charge in [-0.25, -0.2) is 0 Å². The zero-order valence-corrected chi connectivity index (χ0v) is 11.8. The molecular formula is C11H20N4O4. The van der Waals surface area contributed by atoms with Crippen molar-refractivity contribution in [3.8, 4) is 0 Å². The van der Waals surface area contributed by atoms with E-state index in [1.165, 1.54) is 5.01 Å². The van der Waals surface area contributed by atoms with Crippen molar-refractivity contribution in [2.24, 2.45) is 16.9 Å². The fraction of sp³-hybridized carbons (Fsp3) is 0.727. The molecule has 19 heavy (non-hydrogen) atoms. The van der Waals surface area contributed by atoms with Crippen molar-refractivity contribution >= 4 is 6.21 Å². The van der Waals surface area contributed by atoms with Gasteiger partial charge in [-0.05, 0) is 25.7 Å². The molecule has 1 atom stereocenters. The van der Waals surface area contributed by atoms with Crippen LogP contribution < -0.4 is 0 Å². The summed E-state index contributed by atoms with van der Waals surface area (Å²) in [5.74, 6) is -0.556. The average Bonchev–Trinajstić information content (AvgIpc) is 2.26. The van der Waals surface area contributed by atoms with Crippen molar-refractivity contribution in [2.45, 2.75) is 40.7 Å². The van der Waals surface area contributed by atoms with Gasteiger partial charge in [-0.3, -0.25) is 25.2 Å². The van der Waals surface area contributed by atoms with Crippen LogP contribution in [0.2, 0.25) is 0 Å². The molecule has 0 aliphatic carbocycles. The Bertz CT molecular complexity index is 374. The Labute approximate surface area is 112 Å². The Morgan fingerprint density at radius 3 is 1.89 bits per heavy atom. The fourth-order valence-corrected chi connectivity index (χ4v) is 0.949. The van der Waals surface area contributed by atoms with Gasteiger partial charge in [-0.15, -0.1) is 0 Å². The van der Waals surface area contributed by atoms with Gasteiger partial charge < -0.3 is 0 Å². The molecule has 0 rings (SSSR count). The van der Waals surface area contributed by atoms with E-state index in [1.54, 1.807) is 20.1 Å². The molecule has 0 radical (unpaired) electrons. The van der Waals surface area contributed by atoms with Crippen LogP contribution in [0.3, 0.4) is 0 Å². The molecule has 0 saturated heterocycles. The van der Waals surface area contributed by atoms with Gasteiger partial charge >= 0.3 is 5.82 Å². The standard InChI is InChI=1S/C11H20N4O4/c1-8(2)10(5)6-12-13(9(3)4)7-11(14(16)17)15(18)19/h6-10H,1-5H3/b12-6+. The molecule has 0 amide bonds. The maximum Gasteiger partial charge on any atom is 0.576 e. The van der Waals surface area contributed by atoms with E-state index in [0.29, 0.717) is 5.92 Å². The number of rotatable bonds is 7. The molecule has 0 bridgehead atoms. The van der Waals surface area contributed by atoms with E-state index in [2.05, 4.69) is 5.10 Å². The summed E-state index contributed by atoms with van der Waals surface area (Å²) in [4.78, 5) is 19.1. The fourth-order valence-electron chi connectivity index (χ4n) is 0.949. The van der Waals surface area contributed by atoms with Gasteiger partial charge in [0, 0.05) is 12.3 Å². The highest BCUT2D eigenvalue weighted by Gasteiger charge is 2.27. The first-order chi connectivity index (χ1) is 8.66. The van der Waals surface area contributed by atoms with Crippen LogP contribution in [0.25, 0.3) is 0 Å². The molecule has 8 heteroatoms. The summed E-state index contributed by atoms with van der Waals surface area (Å²) >= 11 is 0. The summed E-state index contributed by atoms with van der Waals surface area (Å²) in [6, 6.07) is -0.217. The van der Waals surface area contributed by atoms with E-state index in [9.17, 15) is 20.2 Å². The van der Waals surface area contributed by atoms with Crippen LogP contribution in [0.4, 0.5) is 0 Å². The first-order valence-corrected chi connectivity index (χ1v) is 5.99. The SMILES string of the molecule is CC(C)C(C)/C=N/N(C=C([N+](=O)[O-])[N+](=O)[O-])C(C)C. The van der Waals surface area contributed by atoms with Crippen molar-refractivity contribution in [1.82, 2.24) is 5.01 Å².